The largest absolute Gasteiger partial charge is 0.340 e. The van der Waals surface area contributed by atoms with Crippen molar-refractivity contribution in [1.82, 2.24) is 9.97 Å². The van der Waals surface area contributed by atoms with Gasteiger partial charge in [-0.3, -0.25) is 5.43 Å². The zero-order valence-electron chi connectivity index (χ0n) is 11.0. The number of nitrogens with one attached hydrogen (secondary N) is 2. The number of hydrogen-bond acceptors (Lipinski definition) is 6. The molecule has 2 aromatic carbocycles. The molecule has 0 saturated heterocycles. The highest BCUT2D eigenvalue weighted by Gasteiger charge is 2.07. The first kappa shape index (κ1) is 12.8. The second-order valence-corrected chi connectivity index (χ2v) is 4.37. The molecule has 0 atom stereocenters. The normalized spacial score (nSPS) is 10.1. The second kappa shape index (κ2) is 5.45. The fourth-order valence-corrected chi connectivity index (χ4v) is 2.00. The molecule has 3 aromatic rings. The Bertz CT molecular complexity index is 820. The maximum absolute atomic E-state index is 8.81. The first-order valence-electron chi connectivity index (χ1n) is 6.31. The van der Waals surface area contributed by atoms with Crippen LogP contribution in [0.4, 0.5) is 17.5 Å². The third-order valence-electron chi connectivity index (χ3n) is 3.01. The van der Waals surface area contributed by atoms with Crippen molar-refractivity contribution in [2.45, 2.75) is 0 Å². The molecule has 0 saturated carbocycles. The molecule has 0 spiro atoms. The molecule has 0 aliphatic rings. The van der Waals surface area contributed by atoms with Gasteiger partial charge in [-0.2, -0.15) is 10.2 Å². The van der Waals surface area contributed by atoms with Crippen molar-refractivity contribution in [1.29, 1.82) is 5.26 Å². The molecule has 6 nitrogen and oxygen atoms in total. The van der Waals surface area contributed by atoms with E-state index in [-0.39, 0.29) is 0 Å². The molecule has 0 aliphatic heterocycles. The van der Waals surface area contributed by atoms with Gasteiger partial charge in [0.15, 0.2) is 0 Å². The Balaban J connectivity index is 2.04. The zero-order valence-corrected chi connectivity index (χ0v) is 11.0. The lowest BCUT2D eigenvalue weighted by Gasteiger charge is -2.10. The van der Waals surface area contributed by atoms with Crippen molar-refractivity contribution in [3.05, 3.63) is 54.1 Å². The lowest BCUT2D eigenvalue weighted by molar-refractivity contribution is 1.15. The van der Waals surface area contributed by atoms with Crippen molar-refractivity contribution in [3.8, 4) is 6.07 Å². The number of nitrogens with zero attached hydrogens (tertiary/aromatic N) is 3. The Labute approximate surface area is 121 Å². The first-order valence-corrected chi connectivity index (χ1v) is 6.31. The highest BCUT2D eigenvalue weighted by Crippen LogP contribution is 2.24. The SMILES string of the molecule is N#Cc1ccc(Nc2nc(NN)nc3ccccc23)cc1. The van der Waals surface area contributed by atoms with Crippen molar-refractivity contribution in [2.24, 2.45) is 5.84 Å². The van der Waals surface area contributed by atoms with Crippen LogP contribution >= 0.6 is 0 Å². The van der Waals surface area contributed by atoms with Gasteiger partial charge in [0.25, 0.3) is 0 Å². The Morgan fingerprint density at radius 1 is 1.00 bits per heavy atom. The fraction of sp³-hybridized carbons (Fsp3) is 0. The number of para-hydroxylation sites is 1. The summed E-state index contributed by atoms with van der Waals surface area (Å²) in [5.74, 6) is 6.39. The van der Waals surface area contributed by atoms with Gasteiger partial charge in [-0.15, -0.1) is 0 Å². The minimum absolute atomic E-state index is 0.338. The minimum atomic E-state index is 0.338. The Hall–Kier alpha value is -3.17. The number of anilines is 3. The number of nitrogen functional groups attached to an aromatic ring is 1. The number of aromatic nitrogens is 2. The van der Waals surface area contributed by atoms with Crippen molar-refractivity contribution in [3.63, 3.8) is 0 Å². The lowest BCUT2D eigenvalue weighted by Crippen LogP contribution is -2.11. The molecule has 6 heteroatoms. The van der Waals surface area contributed by atoms with Gasteiger partial charge in [-0.05, 0) is 36.4 Å². The molecule has 0 unspecified atom stereocenters. The van der Waals surface area contributed by atoms with Crippen LogP contribution in [0.25, 0.3) is 10.9 Å². The van der Waals surface area contributed by atoms with Gasteiger partial charge in [-0.25, -0.2) is 10.8 Å². The van der Waals surface area contributed by atoms with E-state index in [1.54, 1.807) is 12.1 Å². The van der Waals surface area contributed by atoms with Crippen LogP contribution in [0, 0.1) is 11.3 Å². The zero-order chi connectivity index (χ0) is 14.7. The highest BCUT2D eigenvalue weighted by molar-refractivity contribution is 5.91. The van der Waals surface area contributed by atoms with E-state index in [9.17, 15) is 0 Å². The molecule has 4 N–H and O–H groups in total. The molecule has 0 fully saturated rings. The second-order valence-electron chi connectivity index (χ2n) is 4.37. The van der Waals surface area contributed by atoms with Crippen LogP contribution in [-0.2, 0) is 0 Å². The highest BCUT2D eigenvalue weighted by atomic mass is 15.3. The molecular formula is C15H12N6. The Morgan fingerprint density at radius 2 is 1.76 bits per heavy atom. The molecular weight excluding hydrogens is 264 g/mol. The molecule has 21 heavy (non-hydrogen) atoms. The van der Waals surface area contributed by atoms with Crippen LogP contribution in [0.2, 0.25) is 0 Å². The Morgan fingerprint density at radius 3 is 2.48 bits per heavy atom. The van der Waals surface area contributed by atoms with Crippen LogP contribution in [0.3, 0.4) is 0 Å². The number of fused-ring (bicyclic) bond motifs is 1. The summed E-state index contributed by atoms with van der Waals surface area (Å²) in [6, 6.07) is 16.9. The molecule has 1 heterocycles. The summed E-state index contributed by atoms with van der Waals surface area (Å²) >= 11 is 0. The molecule has 0 amide bonds. The first-order chi connectivity index (χ1) is 10.3. The van der Waals surface area contributed by atoms with E-state index in [1.165, 1.54) is 0 Å². The molecule has 0 bridgehead atoms. The molecule has 0 radical (unpaired) electrons. The predicted molar refractivity (Wildman–Crippen MR) is 81.8 cm³/mol. The maximum Gasteiger partial charge on any atom is 0.239 e. The quantitative estimate of drug-likeness (QED) is 0.502. The fourth-order valence-electron chi connectivity index (χ4n) is 2.00. The number of hydrogen-bond donors (Lipinski definition) is 3. The summed E-state index contributed by atoms with van der Waals surface area (Å²) in [6.07, 6.45) is 0. The summed E-state index contributed by atoms with van der Waals surface area (Å²) in [4.78, 5) is 8.63. The van der Waals surface area contributed by atoms with E-state index in [1.807, 2.05) is 36.4 Å². The molecule has 3 rings (SSSR count). The minimum Gasteiger partial charge on any atom is -0.340 e. The van der Waals surface area contributed by atoms with Gasteiger partial charge in [0.05, 0.1) is 17.1 Å². The van der Waals surface area contributed by atoms with Gasteiger partial charge >= 0.3 is 0 Å². The smallest absolute Gasteiger partial charge is 0.239 e. The molecule has 102 valence electrons. The van der Waals surface area contributed by atoms with Gasteiger partial charge in [0, 0.05) is 11.1 Å². The van der Waals surface area contributed by atoms with Crippen LogP contribution in [0.1, 0.15) is 5.56 Å². The predicted octanol–water partition coefficient (Wildman–Crippen LogP) is 2.53. The number of rotatable bonds is 3. The third-order valence-corrected chi connectivity index (χ3v) is 3.01. The van der Waals surface area contributed by atoms with Crippen LogP contribution in [-0.4, -0.2) is 9.97 Å². The van der Waals surface area contributed by atoms with E-state index in [4.69, 9.17) is 11.1 Å². The summed E-state index contributed by atoms with van der Waals surface area (Å²) in [5, 5.41) is 12.9. The van der Waals surface area contributed by atoms with E-state index in [2.05, 4.69) is 26.8 Å². The van der Waals surface area contributed by atoms with Crippen LogP contribution in [0.5, 0.6) is 0 Å². The van der Waals surface area contributed by atoms with Gasteiger partial charge in [0.1, 0.15) is 5.82 Å². The number of nitriles is 1. The van der Waals surface area contributed by atoms with Gasteiger partial charge in [-0.1, -0.05) is 12.1 Å². The molecule has 1 aromatic heterocycles. The van der Waals surface area contributed by atoms with Crippen molar-refractivity contribution in [2.75, 3.05) is 10.7 Å². The number of benzene rings is 2. The van der Waals surface area contributed by atoms with Crippen molar-refractivity contribution < 1.29 is 0 Å². The van der Waals surface area contributed by atoms with Gasteiger partial charge in [0.2, 0.25) is 5.95 Å². The topological polar surface area (TPSA) is 99.7 Å². The van der Waals surface area contributed by atoms with E-state index >= 15 is 0 Å². The van der Waals surface area contributed by atoms with Crippen LogP contribution in [0.15, 0.2) is 48.5 Å². The summed E-state index contributed by atoms with van der Waals surface area (Å²) < 4.78 is 0. The van der Waals surface area contributed by atoms with Crippen LogP contribution < -0.4 is 16.6 Å². The average molecular weight is 276 g/mol. The maximum atomic E-state index is 8.81. The third kappa shape index (κ3) is 2.59. The lowest BCUT2D eigenvalue weighted by atomic mass is 10.2. The number of nitrogens with two attached hydrogens (primary N) is 1. The van der Waals surface area contributed by atoms with Gasteiger partial charge < -0.3 is 5.32 Å². The monoisotopic (exact) mass is 276 g/mol. The Kier molecular flexibility index (Phi) is 3.33. The van der Waals surface area contributed by atoms with E-state index in [0.717, 1.165) is 16.6 Å². The summed E-state index contributed by atoms with van der Waals surface area (Å²) in [6.45, 7) is 0. The number of hydrazine groups is 1. The average Bonchev–Trinajstić information content (AvgIpc) is 2.55. The molecule has 0 aliphatic carbocycles. The standard InChI is InChI=1S/C15H12N6/c16-9-10-5-7-11(8-6-10)18-14-12-3-1-2-4-13(12)19-15(20-14)21-17/h1-8H,17H2,(H2,18,19,20,21). The summed E-state index contributed by atoms with van der Waals surface area (Å²) in [5.41, 5.74) is 4.69. The van der Waals surface area contributed by atoms with E-state index < -0.39 is 0 Å². The summed E-state index contributed by atoms with van der Waals surface area (Å²) in [7, 11) is 0. The van der Waals surface area contributed by atoms with Crippen molar-refractivity contribution >= 4 is 28.4 Å². The van der Waals surface area contributed by atoms with E-state index in [0.29, 0.717) is 17.3 Å².